The van der Waals surface area contributed by atoms with E-state index in [9.17, 15) is 22.4 Å². The van der Waals surface area contributed by atoms with E-state index >= 15 is 0 Å². The van der Waals surface area contributed by atoms with E-state index in [2.05, 4.69) is 10.2 Å². The van der Waals surface area contributed by atoms with Crippen LogP contribution in [0.25, 0.3) is 10.8 Å². The molecule has 0 saturated carbocycles. The summed E-state index contributed by atoms with van der Waals surface area (Å²) in [6.45, 7) is 0.496. The molecule has 1 amide bonds. The van der Waals surface area contributed by atoms with Crippen LogP contribution in [-0.2, 0) is 16.4 Å². The van der Waals surface area contributed by atoms with Gasteiger partial charge in [0, 0.05) is 37.0 Å². The van der Waals surface area contributed by atoms with Crippen molar-refractivity contribution in [2.24, 2.45) is 0 Å². The molecule has 8 nitrogen and oxygen atoms in total. The number of nitrogens with one attached hydrogen (secondary N) is 1. The molecule has 166 valence electrons. The fourth-order valence-electron chi connectivity index (χ4n) is 4.79. The van der Waals surface area contributed by atoms with Gasteiger partial charge in [-0.05, 0) is 30.2 Å². The van der Waals surface area contributed by atoms with Gasteiger partial charge in [0.2, 0.25) is 10.0 Å². The smallest absolute Gasteiger partial charge is 0.272 e. The summed E-state index contributed by atoms with van der Waals surface area (Å²) in [6.07, 6.45) is 2.04. The molecule has 0 radical (unpaired) electrons. The maximum atomic E-state index is 14.6. The lowest BCUT2D eigenvalue weighted by atomic mass is 10.0. The van der Waals surface area contributed by atoms with Crippen LogP contribution in [-0.4, -0.2) is 65.2 Å². The Morgan fingerprint density at radius 3 is 2.59 bits per heavy atom. The molecule has 3 aromatic rings. The highest BCUT2D eigenvalue weighted by Crippen LogP contribution is 2.34. The second-order valence-electron chi connectivity index (χ2n) is 8.37. The Balaban J connectivity index is 1.42. The first-order valence-corrected chi connectivity index (χ1v) is 12.1. The van der Waals surface area contributed by atoms with Crippen LogP contribution in [0.4, 0.5) is 4.39 Å². The Labute approximate surface area is 183 Å². The average Bonchev–Trinajstić information content (AvgIpc) is 3.38. The van der Waals surface area contributed by atoms with Crippen molar-refractivity contribution in [3.05, 3.63) is 75.5 Å². The minimum Gasteiger partial charge on any atom is -0.333 e. The number of benzene rings is 2. The quantitative estimate of drug-likeness (QED) is 0.641. The van der Waals surface area contributed by atoms with Gasteiger partial charge >= 0.3 is 0 Å². The molecule has 2 saturated heterocycles. The van der Waals surface area contributed by atoms with Crippen LogP contribution in [0.3, 0.4) is 0 Å². The summed E-state index contributed by atoms with van der Waals surface area (Å²) in [5.41, 5.74) is 0.969. The number of sulfonamides is 1. The number of carbonyl (C=O) groups is 1. The first kappa shape index (κ1) is 20.8. The highest BCUT2D eigenvalue weighted by molar-refractivity contribution is 7.88. The third-order valence-electron chi connectivity index (χ3n) is 6.28. The Hall–Kier alpha value is -3.11. The SMILES string of the molecule is CS(=O)(=O)N1CC2CC1CN2C(=O)c1cc(Cc2n[nH]c(=O)c3ccccc23)ccc1F. The monoisotopic (exact) mass is 456 g/mol. The van der Waals surface area contributed by atoms with Crippen molar-refractivity contribution in [3.63, 3.8) is 0 Å². The van der Waals surface area contributed by atoms with Crippen LogP contribution in [0, 0.1) is 5.82 Å². The number of carbonyl (C=O) groups excluding carboxylic acids is 1. The number of likely N-dealkylation sites (tertiary alicyclic amines) is 1. The summed E-state index contributed by atoms with van der Waals surface area (Å²) < 4.78 is 39.8. The number of fused-ring (bicyclic) bond motifs is 3. The molecule has 2 atom stereocenters. The molecule has 0 aliphatic carbocycles. The van der Waals surface area contributed by atoms with Crippen molar-refractivity contribution >= 4 is 26.7 Å². The van der Waals surface area contributed by atoms with Crippen molar-refractivity contribution in [2.45, 2.75) is 24.9 Å². The van der Waals surface area contributed by atoms with E-state index in [4.69, 9.17) is 0 Å². The summed E-state index contributed by atoms with van der Waals surface area (Å²) >= 11 is 0. The van der Waals surface area contributed by atoms with Crippen molar-refractivity contribution in [1.29, 1.82) is 0 Å². The predicted molar refractivity (Wildman–Crippen MR) is 116 cm³/mol. The van der Waals surface area contributed by atoms with Gasteiger partial charge in [-0.25, -0.2) is 17.9 Å². The van der Waals surface area contributed by atoms with Gasteiger partial charge in [-0.15, -0.1) is 0 Å². The predicted octanol–water partition coefficient (Wildman–Crippen LogP) is 1.51. The third-order valence-corrected chi connectivity index (χ3v) is 7.58. The van der Waals surface area contributed by atoms with Crippen molar-refractivity contribution < 1.29 is 17.6 Å². The molecule has 1 N–H and O–H groups in total. The largest absolute Gasteiger partial charge is 0.333 e. The number of hydrogen-bond acceptors (Lipinski definition) is 5. The van der Waals surface area contributed by atoms with E-state index in [0.29, 0.717) is 34.9 Å². The zero-order chi connectivity index (χ0) is 22.6. The second kappa shape index (κ2) is 7.49. The van der Waals surface area contributed by atoms with Crippen molar-refractivity contribution in [2.75, 3.05) is 19.3 Å². The maximum Gasteiger partial charge on any atom is 0.272 e. The molecule has 32 heavy (non-hydrogen) atoms. The Morgan fingerprint density at radius 1 is 1.16 bits per heavy atom. The lowest BCUT2D eigenvalue weighted by molar-refractivity contribution is 0.0677. The molecular weight excluding hydrogens is 435 g/mol. The molecular formula is C22H21FN4O4S. The fraction of sp³-hybridized carbons (Fsp3) is 0.318. The Morgan fingerprint density at radius 2 is 1.91 bits per heavy atom. The van der Waals surface area contributed by atoms with Gasteiger partial charge in [0.25, 0.3) is 11.5 Å². The molecule has 2 aliphatic heterocycles. The molecule has 2 bridgehead atoms. The molecule has 2 unspecified atom stereocenters. The maximum absolute atomic E-state index is 14.6. The van der Waals surface area contributed by atoms with Gasteiger partial charge in [-0.3, -0.25) is 9.59 Å². The average molecular weight is 456 g/mol. The lowest BCUT2D eigenvalue weighted by Crippen LogP contribution is -2.50. The van der Waals surface area contributed by atoms with Gasteiger partial charge in [0.1, 0.15) is 5.82 Å². The molecule has 3 heterocycles. The van der Waals surface area contributed by atoms with Gasteiger partial charge in [-0.1, -0.05) is 24.3 Å². The van der Waals surface area contributed by atoms with E-state index in [1.54, 1.807) is 29.2 Å². The van der Waals surface area contributed by atoms with Crippen LogP contribution >= 0.6 is 0 Å². The summed E-state index contributed by atoms with van der Waals surface area (Å²) in [5.74, 6) is -1.06. The number of piperazine rings is 1. The number of hydrogen-bond donors (Lipinski definition) is 1. The van der Waals surface area contributed by atoms with Gasteiger partial charge in [0.05, 0.1) is 22.9 Å². The number of rotatable bonds is 4. The van der Waals surface area contributed by atoms with Crippen LogP contribution in [0.1, 0.15) is 28.0 Å². The summed E-state index contributed by atoms with van der Waals surface area (Å²) in [4.78, 5) is 26.7. The number of aromatic nitrogens is 2. The summed E-state index contributed by atoms with van der Waals surface area (Å²) in [7, 11) is -3.33. The highest BCUT2D eigenvalue weighted by atomic mass is 32.2. The number of nitrogens with zero attached hydrogens (tertiary/aromatic N) is 3. The highest BCUT2D eigenvalue weighted by Gasteiger charge is 2.48. The van der Waals surface area contributed by atoms with Crippen LogP contribution in [0.2, 0.25) is 0 Å². The summed E-state index contributed by atoms with van der Waals surface area (Å²) in [5, 5.41) is 7.85. The zero-order valence-electron chi connectivity index (χ0n) is 17.3. The zero-order valence-corrected chi connectivity index (χ0v) is 18.1. The molecule has 2 aliphatic rings. The molecule has 10 heteroatoms. The first-order chi connectivity index (χ1) is 15.2. The van der Waals surface area contributed by atoms with E-state index in [-0.39, 0.29) is 36.3 Å². The number of amides is 1. The van der Waals surface area contributed by atoms with E-state index < -0.39 is 21.7 Å². The molecule has 2 aromatic carbocycles. The Kier molecular flexibility index (Phi) is 4.86. The topological polar surface area (TPSA) is 103 Å². The normalized spacial score (nSPS) is 20.9. The van der Waals surface area contributed by atoms with E-state index in [0.717, 1.165) is 6.26 Å². The third kappa shape index (κ3) is 3.49. The van der Waals surface area contributed by atoms with Gasteiger partial charge < -0.3 is 4.90 Å². The lowest BCUT2D eigenvalue weighted by Gasteiger charge is -2.33. The standard InChI is InChI=1S/C22H21FN4O4S/c1-32(30,31)27-12-14-10-15(27)11-26(14)22(29)18-8-13(6-7-19(18)23)9-20-16-4-2-3-5-17(16)21(28)25-24-20/h2-8,14-15H,9-12H2,1H3,(H,25,28). The molecule has 0 spiro atoms. The minimum atomic E-state index is -3.33. The number of aromatic amines is 1. The van der Waals surface area contributed by atoms with Crippen molar-refractivity contribution in [1.82, 2.24) is 19.4 Å². The van der Waals surface area contributed by atoms with Crippen LogP contribution < -0.4 is 5.56 Å². The van der Waals surface area contributed by atoms with Gasteiger partial charge in [-0.2, -0.15) is 9.40 Å². The molecule has 2 fully saturated rings. The first-order valence-electron chi connectivity index (χ1n) is 10.2. The number of halogens is 1. The van der Waals surface area contributed by atoms with Crippen molar-refractivity contribution in [3.8, 4) is 0 Å². The van der Waals surface area contributed by atoms with E-state index in [1.165, 1.54) is 16.4 Å². The molecule has 1 aromatic heterocycles. The summed E-state index contributed by atoms with van der Waals surface area (Å²) in [6, 6.07) is 10.9. The molecule has 5 rings (SSSR count). The minimum absolute atomic E-state index is 0.0466. The second-order valence-corrected chi connectivity index (χ2v) is 10.3. The number of H-pyrrole nitrogens is 1. The van der Waals surface area contributed by atoms with Crippen LogP contribution in [0.15, 0.2) is 47.3 Å². The Bertz CT molecular complexity index is 1400. The van der Waals surface area contributed by atoms with Crippen LogP contribution in [0.5, 0.6) is 0 Å². The van der Waals surface area contributed by atoms with E-state index in [1.807, 2.05) is 6.07 Å². The van der Waals surface area contributed by atoms with Gasteiger partial charge in [0.15, 0.2) is 0 Å². The fourth-order valence-corrected chi connectivity index (χ4v) is 5.92.